The van der Waals surface area contributed by atoms with Gasteiger partial charge in [0.25, 0.3) is 5.56 Å². The van der Waals surface area contributed by atoms with Crippen LogP contribution in [0.25, 0.3) is 10.9 Å². The molecule has 0 saturated carbocycles. The Morgan fingerprint density at radius 1 is 1.07 bits per heavy atom. The van der Waals surface area contributed by atoms with Gasteiger partial charge in [-0.3, -0.25) is 14.2 Å². The third-order valence-electron chi connectivity index (χ3n) is 5.68. The number of piperazine rings is 1. The highest BCUT2D eigenvalue weighted by Gasteiger charge is 2.17. The molecule has 30 heavy (non-hydrogen) atoms. The van der Waals surface area contributed by atoms with Crippen LogP contribution >= 0.6 is 0 Å². The van der Waals surface area contributed by atoms with Gasteiger partial charge >= 0.3 is 0 Å². The number of fused-ring (bicyclic) bond motifs is 1. The average Bonchev–Trinajstić information content (AvgIpc) is 2.75. The van der Waals surface area contributed by atoms with Gasteiger partial charge in [-0.2, -0.15) is 0 Å². The number of nitrogens with one attached hydrogen (secondary N) is 1. The number of hydrogen-bond acceptors (Lipinski definition) is 5. The summed E-state index contributed by atoms with van der Waals surface area (Å²) in [6.45, 7) is 6.29. The molecule has 0 bridgehead atoms. The van der Waals surface area contributed by atoms with E-state index in [0.717, 1.165) is 43.0 Å². The topological polar surface area (TPSA) is 70.5 Å². The van der Waals surface area contributed by atoms with Crippen molar-refractivity contribution in [2.24, 2.45) is 0 Å². The Balaban J connectivity index is 1.44. The zero-order valence-corrected chi connectivity index (χ0v) is 17.5. The van der Waals surface area contributed by atoms with Crippen LogP contribution in [-0.4, -0.2) is 53.6 Å². The van der Waals surface area contributed by atoms with Gasteiger partial charge in [0.1, 0.15) is 6.54 Å². The number of nitrogens with zero attached hydrogens (tertiary/aromatic N) is 4. The second kappa shape index (κ2) is 8.67. The minimum atomic E-state index is -0.209. The van der Waals surface area contributed by atoms with Gasteiger partial charge in [0, 0.05) is 38.4 Å². The van der Waals surface area contributed by atoms with Crippen molar-refractivity contribution in [1.82, 2.24) is 19.8 Å². The van der Waals surface area contributed by atoms with Crippen LogP contribution in [0, 0.1) is 6.92 Å². The van der Waals surface area contributed by atoms with Crippen molar-refractivity contribution in [1.29, 1.82) is 0 Å². The maximum Gasteiger partial charge on any atom is 0.261 e. The number of amides is 1. The summed E-state index contributed by atoms with van der Waals surface area (Å²) in [6, 6.07) is 13.7. The predicted molar refractivity (Wildman–Crippen MR) is 119 cm³/mol. The number of carbonyl (C=O) groups is 1. The molecule has 2 aromatic carbocycles. The summed E-state index contributed by atoms with van der Waals surface area (Å²) in [5.74, 6) is -0.209. The third kappa shape index (κ3) is 4.21. The predicted octanol–water partition coefficient (Wildman–Crippen LogP) is 1.77. The molecule has 1 amide bonds. The minimum Gasteiger partial charge on any atom is -0.369 e. The molecule has 0 radical (unpaired) electrons. The number of aryl methyl sites for hydroxylation is 1. The van der Waals surface area contributed by atoms with Crippen LogP contribution in [-0.2, 0) is 17.9 Å². The quantitative estimate of drug-likeness (QED) is 0.701. The fraction of sp³-hybridized carbons (Fsp3) is 0.348. The summed E-state index contributed by atoms with van der Waals surface area (Å²) >= 11 is 0. The maximum atomic E-state index is 12.7. The highest BCUT2D eigenvalue weighted by molar-refractivity contribution is 5.81. The molecule has 0 spiro atoms. The van der Waals surface area contributed by atoms with E-state index < -0.39 is 0 Å². The Kier molecular flexibility index (Phi) is 5.81. The fourth-order valence-electron chi connectivity index (χ4n) is 3.87. The Morgan fingerprint density at radius 3 is 2.63 bits per heavy atom. The Labute approximate surface area is 175 Å². The molecule has 4 rings (SSSR count). The van der Waals surface area contributed by atoms with Gasteiger partial charge in [-0.1, -0.05) is 30.3 Å². The molecule has 1 aliphatic heterocycles. The van der Waals surface area contributed by atoms with Crippen LogP contribution in [0.5, 0.6) is 0 Å². The number of rotatable bonds is 5. The lowest BCUT2D eigenvalue weighted by molar-refractivity contribution is -0.121. The highest BCUT2D eigenvalue weighted by Crippen LogP contribution is 2.21. The van der Waals surface area contributed by atoms with Crippen molar-refractivity contribution >= 4 is 22.5 Å². The molecule has 1 saturated heterocycles. The molecule has 1 N–H and O–H groups in total. The average molecular weight is 406 g/mol. The molecule has 0 aliphatic carbocycles. The molecule has 0 atom stereocenters. The van der Waals surface area contributed by atoms with E-state index in [9.17, 15) is 9.59 Å². The third-order valence-corrected chi connectivity index (χ3v) is 5.68. The number of anilines is 1. The summed E-state index contributed by atoms with van der Waals surface area (Å²) in [7, 11) is 2.13. The van der Waals surface area contributed by atoms with Crippen LogP contribution in [0.3, 0.4) is 0 Å². The first-order valence-corrected chi connectivity index (χ1v) is 10.3. The molecule has 2 heterocycles. The highest BCUT2D eigenvalue weighted by atomic mass is 16.2. The van der Waals surface area contributed by atoms with Gasteiger partial charge in [0.05, 0.1) is 17.2 Å². The van der Waals surface area contributed by atoms with E-state index >= 15 is 0 Å². The van der Waals surface area contributed by atoms with E-state index in [1.165, 1.54) is 10.9 Å². The molecule has 7 nitrogen and oxygen atoms in total. The lowest BCUT2D eigenvalue weighted by Crippen LogP contribution is -2.45. The van der Waals surface area contributed by atoms with Gasteiger partial charge in [-0.25, -0.2) is 4.98 Å². The van der Waals surface area contributed by atoms with Crippen LogP contribution in [0.4, 0.5) is 5.69 Å². The molecule has 7 heteroatoms. The van der Waals surface area contributed by atoms with E-state index in [2.05, 4.69) is 33.2 Å². The Bertz CT molecular complexity index is 1120. The summed E-state index contributed by atoms with van der Waals surface area (Å²) in [6.07, 6.45) is 1.45. The molecular formula is C23H27N5O2. The largest absolute Gasteiger partial charge is 0.369 e. The van der Waals surface area contributed by atoms with E-state index in [1.807, 2.05) is 37.3 Å². The van der Waals surface area contributed by atoms with Crippen LogP contribution in [0.15, 0.2) is 53.6 Å². The Hall–Kier alpha value is -3.19. The van der Waals surface area contributed by atoms with Gasteiger partial charge in [-0.15, -0.1) is 0 Å². The zero-order valence-electron chi connectivity index (χ0n) is 17.5. The van der Waals surface area contributed by atoms with Crippen molar-refractivity contribution in [3.63, 3.8) is 0 Å². The standard InChI is InChI=1S/C23H27N5O2/c1-17-6-5-8-19-22(17)25-16-28(23(19)30)15-21(29)24-14-18-7-3-4-9-20(18)27-12-10-26(2)11-13-27/h3-9,16H,10-15H2,1-2H3,(H,24,29). The van der Waals surface area contributed by atoms with Crippen LogP contribution in [0.2, 0.25) is 0 Å². The summed E-state index contributed by atoms with van der Waals surface area (Å²) in [4.78, 5) is 34.3. The SMILES string of the molecule is Cc1cccc2c(=O)n(CC(=O)NCc3ccccc3N3CCN(C)CC3)cnc12. The van der Waals surface area contributed by atoms with E-state index in [1.54, 1.807) is 6.07 Å². The normalized spacial score (nSPS) is 14.8. The molecule has 0 unspecified atom stereocenters. The lowest BCUT2D eigenvalue weighted by atomic mass is 10.1. The summed E-state index contributed by atoms with van der Waals surface area (Å²) in [5.41, 5.74) is 3.67. The number of carbonyl (C=O) groups excluding carboxylic acids is 1. The van der Waals surface area contributed by atoms with Crippen molar-refractivity contribution in [3.05, 3.63) is 70.3 Å². The first kappa shape index (κ1) is 20.1. The van der Waals surface area contributed by atoms with Gasteiger partial charge in [0.15, 0.2) is 0 Å². The number of para-hydroxylation sites is 2. The van der Waals surface area contributed by atoms with Crippen LogP contribution < -0.4 is 15.8 Å². The molecule has 1 aromatic heterocycles. The van der Waals surface area contributed by atoms with E-state index in [0.29, 0.717) is 17.4 Å². The summed E-state index contributed by atoms with van der Waals surface area (Å²) < 4.78 is 1.36. The number of benzene rings is 2. The van der Waals surface area contributed by atoms with Crippen molar-refractivity contribution in [2.75, 3.05) is 38.1 Å². The van der Waals surface area contributed by atoms with Gasteiger partial charge in [-0.05, 0) is 37.2 Å². The molecular weight excluding hydrogens is 378 g/mol. The van der Waals surface area contributed by atoms with Crippen molar-refractivity contribution in [2.45, 2.75) is 20.0 Å². The van der Waals surface area contributed by atoms with E-state index in [-0.39, 0.29) is 18.0 Å². The van der Waals surface area contributed by atoms with Gasteiger partial charge < -0.3 is 15.1 Å². The fourth-order valence-corrected chi connectivity index (χ4v) is 3.87. The van der Waals surface area contributed by atoms with Crippen LogP contribution in [0.1, 0.15) is 11.1 Å². The monoisotopic (exact) mass is 405 g/mol. The molecule has 1 aliphatic rings. The Morgan fingerprint density at radius 2 is 1.83 bits per heavy atom. The smallest absolute Gasteiger partial charge is 0.261 e. The first-order chi connectivity index (χ1) is 14.5. The van der Waals surface area contributed by atoms with Crippen molar-refractivity contribution in [3.8, 4) is 0 Å². The number of hydrogen-bond donors (Lipinski definition) is 1. The summed E-state index contributed by atoms with van der Waals surface area (Å²) in [5, 5.41) is 3.49. The van der Waals surface area contributed by atoms with Gasteiger partial charge in [0.2, 0.25) is 5.91 Å². The second-order valence-electron chi connectivity index (χ2n) is 7.84. The zero-order chi connectivity index (χ0) is 21.1. The van der Waals surface area contributed by atoms with E-state index in [4.69, 9.17) is 0 Å². The molecule has 1 fully saturated rings. The van der Waals surface area contributed by atoms with Crippen molar-refractivity contribution < 1.29 is 4.79 Å². The number of likely N-dealkylation sites (N-methyl/N-ethyl adjacent to an activating group) is 1. The minimum absolute atomic E-state index is 0.0492. The number of aromatic nitrogens is 2. The molecule has 3 aromatic rings. The molecule has 156 valence electrons. The first-order valence-electron chi connectivity index (χ1n) is 10.3. The lowest BCUT2D eigenvalue weighted by Gasteiger charge is -2.35. The maximum absolute atomic E-state index is 12.7. The second-order valence-corrected chi connectivity index (χ2v) is 7.84.